The summed E-state index contributed by atoms with van der Waals surface area (Å²) in [5, 5.41) is 0. The molecular formula is C22H38N6. The summed E-state index contributed by atoms with van der Waals surface area (Å²) in [6.07, 6.45) is 10.7. The van der Waals surface area contributed by atoms with Crippen molar-refractivity contribution < 1.29 is 0 Å². The van der Waals surface area contributed by atoms with Crippen molar-refractivity contribution in [3.05, 3.63) is 0 Å². The van der Waals surface area contributed by atoms with Crippen molar-refractivity contribution in [1.29, 1.82) is 0 Å². The molecular weight excluding hydrogens is 348 g/mol. The molecule has 1 saturated carbocycles. The third kappa shape index (κ3) is 3.97. The second-order valence-electron chi connectivity index (χ2n) is 9.53. The summed E-state index contributed by atoms with van der Waals surface area (Å²) in [7, 11) is 0. The van der Waals surface area contributed by atoms with Crippen molar-refractivity contribution in [3.63, 3.8) is 0 Å². The van der Waals surface area contributed by atoms with Crippen LogP contribution in [-0.4, -0.2) is 97.0 Å². The SMILES string of the molecule is C1CN=C2N(C1)CCCN2CC1CCC(CN2CCCN3CCCN=C32)CC1. The quantitative estimate of drug-likeness (QED) is 0.743. The fraction of sp³-hybridized carbons (Fsp3) is 0.909. The molecule has 4 aliphatic heterocycles. The van der Waals surface area contributed by atoms with Crippen LogP contribution in [0, 0.1) is 11.8 Å². The highest BCUT2D eigenvalue weighted by molar-refractivity contribution is 5.82. The molecule has 1 aliphatic carbocycles. The zero-order valence-electron chi connectivity index (χ0n) is 17.6. The summed E-state index contributed by atoms with van der Waals surface area (Å²) >= 11 is 0. The normalized spacial score (nSPS) is 31.1. The van der Waals surface area contributed by atoms with Crippen LogP contribution >= 0.6 is 0 Å². The molecule has 6 nitrogen and oxygen atoms in total. The summed E-state index contributed by atoms with van der Waals surface area (Å²) in [6.45, 7) is 11.9. The third-order valence-corrected chi connectivity index (χ3v) is 7.45. The molecule has 0 bridgehead atoms. The maximum atomic E-state index is 4.87. The van der Waals surface area contributed by atoms with E-state index in [4.69, 9.17) is 9.98 Å². The van der Waals surface area contributed by atoms with E-state index in [0.29, 0.717) is 0 Å². The maximum Gasteiger partial charge on any atom is 0.196 e. The van der Waals surface area contributed by atoms with Gasteiger partial charge in [-0.1, -0.05) is 0 Å². The van der Waals surface area contributed by atoms with E-state index in [1.165, 1.54) is 116 Å². The van der Waals surface area contributed by atoms with Gasteiger partial charge >= 0.3 is 0 Å². The van der Waals surface area contributed by atoms with Crippen molar-refractivity contribution in [3.8, 4) is 0 Å². The van der Waals surface area contributed by atoms with Gasteiger partial charge in [-0.3, -0.25) is 9.98 Å². The molecule has 0 spiro atoms. The Bertz CT molecular complexity index is 542. The van der Waals surface area contributed by atoms with E-state index in [1.54, 1.807) is 0 Å². The van der Waals surface area contributed by atoms with Gasteiger partial charge in [0, 0.05) is 65.4 Å². The van der Waals surface area contributed by atoms with Gasteiger partial charge in [-0.25, -0.2) is 0 Å². The molecule has 3 fully saturated rings. The van der Waals surface area contributed by atoms with Gasteiger partial charge in [0.25, 0.3) is 0 Å². The first kappa shape index (κ1) is 18.6. The molecule has 0 aromatic rings. The molecule has 0 unspecified atom stereocenters. The van der Waals surface area contributed by atoms with Crippen molar-refractivity contribution in [2.45, 2.75) is 51.4 Å². The average Bonchev–Trinajstić information content (AvgIpc) is 2.76. The molecule has 0 aromatic heterocycles. The summed E-state index contributed by atoms with van der Waals surface area (Å²) in [5.41, 5.74) is 0. The van der Waals surface area contributed by atoms with Gasteiger partial charge in [-0.15, -0.1) is 0 Å². The Kier molecular flexibility index (Phi) is 5.63. The molecule has 6 heteroatoms. The van der Waals surface area contributed by atoms with Gasteiger partial charge in [0.05, 0.1) is 0 Å². The number of fused-ring (bicyclic) bond motifs is 2. The maximum absolute atomic E-state index is 4.87. The zero-order valence-corrected chi connectivity index (χ0v) is 17.6. The number of rotatable bonds is 4. The van der Waals surface area contributed by atoms with Crippen molar-refractivity contribution >= 4 is 11.9 Å². The van der Waals surface area contributed by atoms with Gasteiger partial charge in [0.15, 0.2) is 11.9 Å². The van der Waals surface area contributed by atoms with Crippen LogP contribution in [-0.2, 0) is 0 Å². The molecule has 0 aromatic carbocycles. The number of guanidine groups is 2. The summed E-state index contributed by atoms with van der Waals surface area (Å²) < 4.78 is 0. The Morgan fingerprint density at radius 1 is 0.571 bits per heavy atom. The Hall–Kier alpha value is -1.46. The van der Waals surface area contributed by atoms with Crippen LogP contribution in [0.15, 0.2) is 9.98 Å². The molecule has 5 rings (SSSR count). The number of hydrogen-bond donors (Lipinski definition) is 0. The Morgan fingerprint density at radius 3 is 1.46 bits per heavy atom. The summed E-state index contributed by atoms with van der Waals surface area (Å²) in [6, 6.07) is 0. The van der Waals surface area contributed by atoms with Crippen LogP contribution in [0.1, 0.15) is 51.4 Å². The second-order valence-corrected chi connectivity index (χ2v) is 9.53. The third-order valence-electron chi connectivity index (χ3n) is 7.45. The molecule has 5 aliphatic rings. The van der Waals surface area contributed by atoms with E-state index < -0.39 is 0 Å². The zero-order chi connectivity index (χ0) is 18.8. The molecule has 0 N–H and O–H groups in total. The number of aliphatic imine (C=N–C) groups is 2. The van der Waals surface area contributed by atoms with Gasteiger partial charge in [-0.2, -0.15) is 0 Å². The van der Waals surface area contributed by atoms with Gasteiger partial charge < -0.3 is 19.6 Å². The van der Waals surface area contributed by atoms with E-state index in [2.05, 4.69) is 19.6 Å². The highest BCUT2D eigenvalue weighted by atomic mass is 15.4. The first-order valence-corrected chi connectivity index (χ1v) is 12.0. The first-order chi connectivity index (χ1) is 13.9. The highest BCUT2D eigenvalue weighted by Gasteiger charge is 2.31. The van der Waals surface area contributed by atoms with Gasteiger partial charge in [-0.05, 0) is 63.2 Å². The predicted octanol–water partition coefficient (Wildman–Crippen LogP) is 2.33. The molecule has 156 valence electrons. The fourth-order valence-corrected chi connectivity index (χ4v) is 5.98. The lowest BCUT2D eigenvalue weighted by atomic mass is 9.81. The Balaban J connectivity index is 1.12. The lowest BCUT2D eigenvalue weighted by Gasteiger charge is -2.44. The molecule has 0 radical (unpaired) electrons. The molecule has 28 heavy (non-hydrogen) atoms. The molecule has 2 saturated heterocycles. The largest absolute Gasteiger partial charge is 0.343 e. The minimum Gasteiger partial charge on any atom is -0.343 e. The molecule has 0 amide bonds. The van der Waals surface area contributed by atoms with E-state index in [-0.39, 0.29) is 0 Å². The van der Waals surface area contributed by atoms with Gasteiger partial charge in [0.2, 0.25) is 0 Å². The predicted molar refractivity (Wildman–Crippen MR) is 115 cm³/mol. The van der Waals surface area contributed by atoms with Crippen LogP contribution in [0.4, 0.5) is 0 Å². The van der Waals surface area contributed by atoms with Crippen LogP contribution < -0.4 is 0 Å². The van der Waals surface area contributed by atoms with Crippen molar-refractivity contribution in [2.24, 2.45) is 21.8 Å². The van der Waals surface area contributed by atoms with Crippen LogP contribution in [0.5, 0.6) is 0 Å². The minimum atomic E-state index is 0.866. The monoisotopic (exact) mass is 386 g/mol. The fourth-order valence-electron chi connectivity index (χ4n) is 5.98. The Labute approximate surface area is 170 Å². The smallest absolute Gasteiger partial charge is 0.196 e. The van der Waals surface area contributed by atoms with E-state index in [0.717, 1.165) is 24.9 Å². The second kappa shape index (κ2) is 8.50. The van der Waals surface area contributed by atoms with E-state index in [1.807, 2.05) is 0 Å². The standard InChI is InChI=1S/C22H38N6/c1-9-23-21-25(11-1)13-3-15-27(21)17-19-5-7-20(8-6-19)18-28-16-4-14-26-12-2-10-24-22(26)28/h19-20H,1-18H2. The summed E-state index contributed by atoms with van der Waals surface area (Å²) in [4.78, 5) is 20.0. The lowest BCUT2D eigenvalue weighted by molar-refractivity contribution is 0.162. The molecule has 0 atom stereocenters. The first-order valence-electron chi connectivity index (χ1n) is 12.0. The average molecular weight is 387 g/mol. The van der Waals surface area contributed by atoms with Gasteiger partial charge in [0.1, 0.15) is 0 Å². The van der Waals surface area contributed by atoms with Crippen molar-refractivity contribution in [2.75, 3.05) is 65.4 Å². The van der Waals surface area contributed by atoms with Crippen molar-refractivity contribution in [1.82, 2.24) is 19.6 Å². The molecule has 4 heterocycles. The van der Waals surface area contributed by atoms with Crippen LogP contribution in [0.25, 0.3) is 0 Å². The Morgan fingerprint density at radius 2 is 1.00 bits per heavy atom. The topological polar surface area (TPSA) is 37.7 Å². The van der Waals surface area contributed by atoms with E-state index >= 15 is 0 Å². The van der Waals surface area contributed by atoms with Crippen LogP contribution in [0.2, 0.25) is 0 Å². The van der Waals surface area contributed by atoms with Crippen LogP contribution in [0.3, 0.4) is 0 Å². The number of nitrogens with zero attached hydrogens (tertiary/aromatic N) is 6. The highest BCUT2D eigenvalue weighted by Crippen LogP contribution is 2.31. The number of hydrogen-bond acceptors (Lipinski definition) is 6. The lowest BCUT2D eigenvalue weighted by Crippen LogP contribution is -2.54. The minimum absolute atomic E-state index is 0.866. The van der Waals surface area contributed by atoms with E-state index in [9.17, 15) is 0 Å². The summed E-state index contributed by atoms with van der Waals surface area (Å²) in [5.74, 6) is 4.38.